The van der Waals surface area contributed by atoms with E-state index >= 15 is 0 Å². The molecule has 4 rings (SSSR count). The van der Waals surface area contributed by atoms with Crippen molar-refractivity contribution in [3.8, 4) is 17.2 Å². The summed E-state index contributed by atoms with van der Waals surface area (Å²) < 4.78 is 30.1. The Kier molecular flexibility index (Phi) is 5.57. The van der Waals surface area contributed by atoms with E-state index in [0.717, 1.165) is 11.1 Å². The Morgan fingerprint density at radius 3 is 2.27 bits per heavy atom. The molecule has 0 spiro atoms. The quantitative estimate of drug-likeness (QED) is 0.546. The van der Waals surface area contributed by atoms with Crippen molar-refractivity contribution in [1.82, 2.24) is 4.90 Å². The number of para-hydroxylation sites is 1. The molecule has 1 aliphatic heterocycles. The molecule has 30 heavy (non-hydrogen) atoms. The number of halogens is 1. The second-order valence-corrected chi connectivity index (χ2v) is 7.00. The van der Waals surface area contributed by atoms with Crippen molar-refractivity contribution in [3.63, 3.8) is 0 Å². The number of carbonyl (C=O) groups excluding carboxylic acids is 1. The van der Waals surface area contributed by atoms with E-state index < -0.39 is 6.10 Å². The van der Waals surface area contributed by atoms with Gasteiger partial charge in [-0.3, -0.25) is 4.79 Å². The molecule has 3 aromatic rings. The van der Waals surface area contributed by atoms with Crippen molar-refractivity contribution in [2.45, 2.75) is 18.7 Å². The van der Waals surface area contributed by atoms with Gasteiger partial charge in [-0.2, -0.15) is 0 Å². The number of benzene rings is 3. The van der Waals surface area contributed by atoms with Crippen LogP contribution < -0.4 is 14.2 Å². The second kappa shape index (κ2) is 8.45. The van der Waals surface area contributed by atoms with Crippen LogP contribution in [0.15, 0.2) is 72.8 Å². The van der Waals surface area contributed by atoms with Crippen LogP contribution in [0.1, 0.15) is 17.2 Å². The summed E-state index contributed by atoms with van der Waals surface area (Å²) in [7, 11) is 3.15. The summed E-state index contributed by atoms with van der Waals surface area (Å²) in [6.45, 7) is 0.354. The first-order chi connectivity index (χ1) is 14.6. The Hall–Kier alpha value is -3.54. The Balaban J connectivity index is 1.65. The minimum atomic E-state index is -0.661. The zero-order valence-electron chi connectivity index (χ0n) is 16.7. The van der Waals surface area contributed by atoms with Gasteiger partial charge in [0.25, 0.3) is 5.91 Å². The summed E-state index contributed by atoms with van der Waals surface area (Å²) in [5, 5.41) is 0. The third-order valence-corrected chi connectivity index (χ3v) is 5.17. The van der Waals surface area contributed by atoms with Crippen molar-refractivity contribution in [1.29, 1.82) is 0 Å². The zero-order chi connectivity index (χ0) is 21.1. The van der Waals surface area contributed by atoms with Gasteiger partial charge >= 0.3 is 0 Å². The molecule has 1 saturated heterocycles. The number of hydrogen-bond donors (Lipinski definition) is 0. The van der Waals surface area contributed by atoms with E-state index in [2.05, 4.69) is 0 Å². The normalized spacial score (nSPS) is 18.0. The van der Waals surface area contributed by atoms with Crippen LogP contribution in [0, 0.1) is 5.82 Å². The average Bonchev–Trinajstić information content (AvgIpc) is 2.79. The Morgan fingerprint density at radius 2 is 1.60 bits per heavy atom. The molecule has 0 aliphatic carbocycles. The third-order valence-electron chi connectivity index (χ3n) is 5.17. The van der Waals surface area contributed by atoms with Gasteiger partial charge in [-0.05, 0) is 47.5 Å². The molecule has 1 heterocycles. The number of likely N-dealkylation sites (tertiary alicyclic amines) is 1. The van der Waals surface area contributed by atoms with Crippen molar-refractivity contribution < 1.29 is 23.4 Å². The summed E-state index contributed by atoms with van der Waals surface area (Å²) >= 11 is 0. The van der Waals surface area contributed by atoms with Crippen molar-refractivity contribution in [2.24, 2.45) is 0 Å². The predicted octanol–water partition coefficient (Wildman–Crippen LogP) is 4.37. The highest BCUT2D eigenvalue weighted by Crippen LogP contribution is 2.41. The van der Waals surface area contributed by atoms with Gasteiger partial charge in [0.05, 0.1) is 14.2 Å². The van der Waals surface area contributed by atoms with Gasteiger partial charge in [0.1, 0.15) is 17.6 Å². The van der Waals surface area contributed by atoms with E-state index in [0.29, 0.717) is 23.8 Å². The van der Waals surface area contributed by atoms with Gasteiger partial charge in [-0.15, -0.1) is 0 Å². The van der Waals surface area contributed by atoms with E-state index in [4.69, 9.17) is 14.2 Å². The Bertz CT molecular complexity index is 1020. The topological polar surface area (TPSA) is 48.0 Å². The van der Waals surface area contributed by atoms with Gasteiger partial charge < -0.3 is 19.1 Å². The molecule has 154 valence electrons. The highest BCUT2D eigenvalue weighted by atomic mass is 19.1. The fourth-order valence-electron chi connectivity index (χ4n) is 3.63. The molecular weight excluding hydrogens is 385 g/mol. The van der Waals surface area contributed by atoms with Crippen LogP contribution >= 0.6 is 0 Å². The molecule has 0 bridgehead atoms. The van der Waals surface area contributed by atoms with Gasteiger partial charge in [-0.1, -0.05) is 36.4 Å². The lowest BCUT2D eigenvalue weighted by atomic mass is 9.89. The fourth-order valence-corrected chi connectivity index (χ4v) is 3.63. The average molecular weight is 407 g/mol. The molecule has 1 aliphatic rings. The molecule has 3 aromatic carbocycles. The number of hydrogen-bond acceptors (Lipinski definition) is 4. The lowest BCUT2D eigenvalue weighted by molar-refractivity contribution is -0.165. The van der Waals surface area contributed by atoms with E-state index in [9.17, 15) is 9.18 Å². The fraction of sp³-hybridized carbons (Fsp3) is 0.208. The number of nitrogens with zero attached hydrogens (tertiary/aromatic N) is 1. The van der Waals surface area contributed by atoms with E-state index in [1.807, 2.05) is 48.5 Å². The monoisotopic (exact) mass is 407 g/mol. The standard InChI is InChI=1S/C24H22FNO4/c1-28-20-13-10-17(14-21(20)29-2)22-23(30-19-6-4-3-5-7-19)24(27)26(22)15-16-8-11-18(25)12-9-16/h3-14,22-23H,15H2,1-2H3/t22-,23-/m0/s1. The minimum absolute atomic E-state index is 0.122. The minimum Gasteiger partial charge on any atom is -0.493 e. The predicted molar refractivity (Wildman–Crippen MR) is 110 cm³/mol. The summed E-state index contributed by atoms with van der Waals surface area (Å²) in [5.74, 6) is 1.38. The summed E-state index contributed by atoms with van der Waals surface area (Å²) in [5.41, 5.74) is 1.71. The van der Waals surface area contributed by atoms with Crippen molar-refractivity contribution >= 4 is 5.91 Å². The molecule has 6 heteroatoms. The molecule has 2 atom stereocenters. The number of rotatable bonds is 7. The third kappa shape index (κ3) is 3.81. The Morgan fingerprint density at radius 1 is 0.900 bits per heavy atom. The second-order valence-electron chi connectivity index (χ2n) is 7.00. The summed E-state index contributed by atoms with van der Waals surface area (Å²) in [6, 6.07) is 20.7. The Labute approximate surface area is 174 Å². The molecular formula is C24H22FNO4. The van der Waals surface area contributed by atoms with Gasteiger partial charge in [-0.25, -0.2) is 4.39 Å². The summed E-state index contributed by atoms with van der Waals surface area (Å²) in [6.07, 6.45) is -0.661. The van der Waals surface area contributed by atoms with Crippen LogP contribution in [0.3, 0.4) is 0 Å². The molecule has 5 nitrogen and oxygen atoms in total. The van der Waals surface area contributed by atoms with Crippen LogP contribution in [-0.4, -0.2) is 31.1 Å². The van der Waals surface area contributed by atoms with Crippen LogP contribution in [0.25, 0.3) is 0 Å². The first kappa shape index (κ1) is 19.8. The van der Waals surface area contributed by atoms with Crippen LogP contribution in [-0.2, 0) is 11.3 Å². The maximum atomic E-state index is 13.3. The van der Waals surface area contributed by atoms with Crippen molar-refractivity contribution in [3.05, 3.63) is 89.7 Å². The molecule has 0 N–H and O–H groups in total. The smallest absolute Gasteiger partial charge is 0.267 e. The van der Waals surface area contributed by atoms with Crippen LogP contribution in [0.4, 0.5) is 4.39 Å². The lowest BCUT2D eigenvalue weighted by Crippen LogP contribution is -2.60. The van der Waals surface area contributed by atoms with Gasteiger partial charge in [0.15, 0.2) is 11.5 Å². The number of β-lactam (4-membered cyclic amide) rings is 1. The number of methoxy groups -OCH3 is 2. The molecule has 0 radical (unpaired) electrons. The first-order valence-corrected chi connectivity index (χ1v) is 9.59. The molecule has 1 amide bonds. The number of carbonyl (C=O) groups is 1. The number of ether oxygens (including phenoxy) is 3. The molecule has 0 saturated carbocycles. The summed E-state index contributed by atoms with van der Waals surface area (Å²) in [4.78, 5) is 14.7. The lowest BCUT2D eigenvalue weighted by Gasteiger charge is -2.47. The maximum absolute atomic E-state index is 13.3. The van der Waals surface area contributed by atoms with Gasteiger partial charge in [0, 0.05) is 6.54 Å². The van der Waals surface area contributed by atoms with Crippen LogP contribution in [0.5, 0.6) is 17.2 Å². The zero-order valence-corrected chi connectivity index (χ0v) is 16.7. The highest BCUT2D eigenvalue weighted by molar-refractivity contribution is 5.89. The van der Waals surface area contributed by atoms with E-state index in [-0.39, 0.29) is 17.8 Å². The SMILES string of the molecule is COc1ccc([C@H]2[C@H](Oc3ccccc3)C(=O)N2Cc2ccc(F)cc2)cc1OC. The number of amides is 1. The van der Waals surface area contributed by atoms with E-state index in [1.165, 1.54) is 12.1 Å². The van der Waals surface area contributed by atoms with Crippen LogP contribution in [0.2, 0.25) is 0 Å². The first-order valence-electron chi connectivity index (χ1n) is 9.59. The van der Waals surface area contributed by atoms with Crippen molar-refractivity contribution in [2.75, 3.05) is 14.2 Å². The maximum Gasteiger partial charge on any atom is 0.267 e. The highest BCUT2D eigenvalue weighted by Gasteiger charge is 2.50. The van der Waals surface area contributed by atoms with E-state index in [1.54, 1.807) is 31.3 Å². The largest absolute Gasteiger partial charge is 0.493 e. The molecule has 0 unspecified atom stereocenters. The van der Waals surface area contributed by atoms with Gasteiger partial charge in [0.2, 0.25) is 6.10 Å². The molecule has 1 fully saturated rings. The molecule has 0 aromatic heterocycles.